The number of rotatable bonds is 0. The predicted molar refractivity (Wildman–Crippen MR) is 81.3 cm³/mol. The first-order valence-corrected chi connectivity index (χ1v) is 8.78. The van der Waals surface area contributed by atoms with Gasteiger partial charge in [0.05, 0.1) is 0 Å². The van der Waals surface area contributed by atoms with E-state index in [1.54, 1.807) is 5.57 Å². The van der Waals surface area contributed by atoms with Crippen LogP contribution in [0.25, 0.3) is 0 Å². The van der Waals surface area contributed by atoms with Gasteiger partial charge in [0.15, 0.2) is 0 Å². The molecule has 3 fully saturated rings. The Balaban J connectivity index is 1.73. The Kier molecular flexibility index (Phi) is 2.76. The van der Waals surface area contributed by atoms with Crippen LogP contribution in [0.3, 0.4) is 0 Å². The number of Topliss-reactive ketones (excluding diaryl/α,β-unsaturated/α-hetero) is 1. The third-order valence-corrected chi connectivity index (χ3v) is 7.68. The molecule has 0 spiro atoms. The summed E-state index contributed by atoms with van der Waals surface area (Å²) >= 11 is 0. The summed E-state index contributed by atoms with van der Waals surface area (Å²) in [6.07, 6.45) is 13.9. The molecule has 4 aliphatic carbocycles. The Labute approximate surface area is 123 Å². The molecule has 4 aliphatic rings. The summed E-state index contributed by atoms with van der Waals surface area (Å²) in [4.78, 5) is 12.4. The van der Waals surface area contributed by atoms with E-state index in [0.29, 0.717) is 17.1 Å². The molecule has 0 saturated heterocycles. The van der Waals surface area contributed by atoms with E-state index in [4.69, 9.17) is 0 Å². The maximum absolute atomic E-state index is 12.4. The molecule has 0 bridgehead atoms. The van der Waals surface area contributed by atoms with Crippen LogP contribution in [0, 0.1) is 28.6 Å². The van der Waals surface area contributed by atoms with Gasteiger partial charge in [0.1, 0.15) is 5.78 Å². The van der Waals surface area contributed by atoms with Crippen molar-refractivity contribution < 1.29 is 4.79 Å². The highest BCUT2D eigenvalue weighted by molar-refractivity contribution is 5.87. The number of allylic oxidation sites excluding steroid dienone is 2. The summed E-state index contributed by atoms with van der Waals surface area (Å²) in [5, 5.41) is 0. The lowest BCUT2D eigenvalue weighted by Gasteiger charge is -2.58. The predicted octanol–water partition coefficient (Wildman–Crippen LogP) is 4.91. The molecule has 0 aliphatic heterocycles. The molecule has 1 nitrogen and oxygen atoms in total. The van der Waals surface area contributed by atoms with Crippen molar-refractivity contribution in [2.75, 3.05) is 0 Å². The lowest BCUT2D eigenvalue weighted by molar-refractivity contribution is -0.135. The van der Waals surface area contributed by atoms with E-state index in [1.807, 2.05) is 0 Å². The van der Waals surface area contributed by atoms with E-state index in [2.05, 4.69) is 19.9 Å². The van der Waals surface area contributed by atoms with Gasteiger partial charge in [-0.2, -0.15) is 0 Å². The monoisotopic (exact) mass is 272 g/mol. The van der Waals surface area contributed by atoms with Crippen LogP contribution in [0.4, 0.5) is 0 Å². The number of hydrogen-bond acceptors (Lipinski definition) is 1. The van der Waals surface area contributed by atoms with Crippen LogP contribution >= 0.6 is 0 Å². The van der Waals surface area contributed by atoms with Crippen molar-refractivity contribution in [1.82, 2.24) is 0 Å². The first kappa shape index (κ1) is 13.1. The highest BCUT2D eigenvalue weighted by atomic mass is 16.1. The second-order valence-electron chi connectivity index (χ2n) is 8.42. The van der Waals surface area contributed by atoms with E-state index >= 15 is 0 Å². The quantitative estimate of drug-likeness (QED) is 0.573. The first-order valence-electron chi connectivity index (χ1n) is 8.78. The van der Waals surface area contributed by atoms with Gasteiger partial charge in [-0.3, -0.25) is 4.79 Å². The van der Waals surface area contributed by atoms with Gasteiger partial charge in [-0.15, -0.1) is 0 Å². The van der Waals surface area contributed by atoms with Crippen LogP contribution in [0.15, 0.2) is 11.6 Å². The lowest BCUT2D eigenvalue weighted by atomic mass is 9.46. The summed E-state index contributed by atoms with van der Waals surface area (Å²) in [5.41, 5.74) is 2.21. The number of carbonyl (C=O) groups is 1. The zero-order chi connectivity index (χ0) is 14.0. The standard InChI is InChI=1S/C19H28O/c1-18-11-9-13-5-3-4-6-14(13)15(18)10-12-19(2)16(18)7-8-17(19)20/h9,14-16H,3-8,10-12H2,1-2H3/t14-,15+,16-,18+,19-/m0/s1. The Bertz CT molecular complexity index is 476. The number of hydrogen-bond donors (Lipinski definition) is 0. The number of fused-ring (bicyclic) bond motifs is 5. The average Bonchev–Trinajstić information content (AvgIpc) is 2.75. The summed E-state index contributed by atoms with van der Waals surface area (Å²) < 4.78 is 0. The van der Waals surface area contributed by atoms with Crippen molar-refractivity contribution in [3.05, 3.63) is 11.6 Å². The van der Waals surface area contributed by atoms with Crippen molar-refractivity contribution in [2.45, 2.75) is 71.6 Å². The van der Waals surface area contributed by atoms with Crippen LogP contribution < -0.4 is 0 Å². The molecule has 0 aromatic heterocycles. The van der Waals surface area contributed by atoms with Crippen LogP contribution in [0.5, 0.6) is 0 Å². The Morgan fingerprint density at radius 2 is 1.95 bits per heavy atom. The molecule has 0 unspecified atom stereocenters. The molecule has 110 valence electrons. The minimum Gasteiger partial charge on any atom is -0.299 e. The fraction of sp³-hybridized carbons (Fsp3) is 0.842. The zero-order valence-corrected chi connectivity index (χ0v) is 13.1. The maximum atomic E-state index is 12.4. The lowest BCUT2D eigenvalue weighted by Crippen LogP contribution is -2.52. The molecule has 5 atom stereocenters. The fourth-order valence-corrected chi connectivity index (χ4v) is 6.57. The third-order valence-electron chi connectivity index (χ3n) is 7.68. The molecule has 0 radical (unpaired) electrons. The molecular formula is C19H28O. The molecule has 3 saturated carbocycles. The van der Waals surface area contributed by atoms with Crippen molar-refractivity contribution in [1.29, 1.82) is 0 Å². The molecule has 1 heteroatoms. The maximum Gasteiger partial charge on any atom is 0.139 e. The normalized spacial score (nSPS) is 51.0. The van der Waals surface area contributed by atoms with Crippen molar-refractivity contribution >= 4 is 5.78 Å². The number of carbonyl (C=O) groups excluding carboxylic acids is 1. The van der Waals surface area contributed by atoms with E-state index < -0.39 is 0 Å². The molecule has 20 heavy (non-hydrogen) atoms. The van der Waals surface area contributed by atoms with Gasteiger partial charge < -0.3 is 0 Å². The SMILES string of the molecule is C[C@@]12CC=C3CCCC[C@@H]3[C@H]1CC[C@]1(C)C(=O)CC[C@@H]21. The van der Waals surface area contributed by atoms with Gasteiger partial charge in [-0.25, -0.2) is 0 Å². The third kappa shape index (κ3) is 1.53. The van der Waals surface area contributed by atoms with E-state index in [-0.39, 0.29) is 5.41 Å². The largest absolute Gasteiger partial charge is 0.299 e. The van der Waals surface area contributed by atoms with Crippen LogP contribution in [0.1, 0.15) is 71.6 Å². The van der Waals surface area contributed by atoms with Gasteiger partial charge in [-0.1, -0.05) is 31.9 Å². The van der Waals surface area contributed by atoms with Gasteiger partial charge in [-0.05, 0) is 68.1 Å². The van der Waals surface area contributed by atoms with E-state index in [1.165, 1.54) is 44.9 Å². The molecule has 0 aromatic rings. The minimum atomic E-state index is 0.0191. The molecule has 0 aromatic carbocycles. The van der Waals surface area contributed by atoms with Crippen molar-refractivity contribution in [3.8, 4) is 0 Å². The van der Waals surface area contributed by atoms with Crippen molar-refractivity contribution in [3.63, 3.8) is 0 Å². The molecule has 0 heterocycles. The smallest absolute Gasteiger partial charge is 0.139 e. The van der Waals surface area contributed by atoms with Gasteiger partial charge in [0.25, 0.3) is 0 Å². The Morgan fingerprint density at radius 1 is 1.10 bits per heavy atom. The van der Waals surface area contributed by atoms with Crippen LogP contribution in [-0.2, 0) is 4.79 Å². The molecule has 0 N–H and O–H groups in total. The van der Waals surface area contributed by atoms with E-state index in [0.717, 1.165) is 24.7 Å². The Morgan fingerprint density at radius 3 is 2.80 bits per heavy atom. The minimum absolute atomic E-state index is 0.0191. The second kappa shape index (κ2) is 4.21. The summed E-state index contributed by atoms with van der Waals surface area (Å²) in [7, 11) is 0. The van der Waals surface area contributed by atoms with Crippen LogP contribution in [0.2, 0.25) is 0 Å². The average molecular weight is 272 g/mol. The molecular weight excluding hydrogens is 244 g/mol. The summed E-state index contributed by atoms with van der Waals surface area (Å²) in [6.45, 7) is 4.81. The van der Waals surface area contributed by atoms with Gasteiger partial charge in [0.2, 0.25) is 0 Å². The fourth-order valence-electron chi connectivity index (χ4n) is 6.57. The zero-order valence-electron chi connectivity index (χ0n) is 13.1. The topological polar surface area (TPSA) is 17.1 Å². The Hall–Kier alpha value is -0.590. The molecule has 0 amide bonds. The van der Waals surface area contributed by atoms with E-state index in [9.17, 15) is 4.79 Å². The van der Waals surface area contributed by atoms with Crippen molar-refractivity contribution in [2.24, 2.45) is 28.6 Å². The summed E-state index contributed by atoms with van der Waals surface area (Å²) in [5.74, 6) is 2.95. The van der Waals surface area contributed by atoms with Gasteiger partial charge in [0, 0.05) is 11.8 Å². The van der Waals surface area contributed by atoms with Gasteiger partial charge >= 0.3 is 0 Å². The highest BCUT2D eigenvalue weighted by Gasteiger charge is 2.60. The second-order valence-corrected chi connectivity index (χ2v) is 8.42. The van der Waals surface area contributed by atoms with Crippen LogP contribution in [-0.4, -0.2) is 5.78 Å². The number of ketones is 1. The summed E-state index contributed by atoms with van der Waals surface area (Å²) in [6, 6.07) is 0. The highest BCUT2D eigenvalue weighted by Crippen LogP contribution is 2.65. The molecule has 4 rings (SSSR count). The first-order chi connectivity index (χ1) is 9.56.